The van der Waals surface area contributed by atoms with E-state index in [9.17, 15) is 9.18 Å². The van der Waals surface area contributed by atoms with E-state index in [-0.39, 0.29) is 11.8 Å². The van der Waals surface area contributed by atoms with Gasteiger partial charge < -0.3 is 10.1 Å². The number of aryl methyl sites for hydroxylation is 1. The molecule has 0 spiro atoms. The van der Waals surface area contributed by atoms with Gasteiger partial charge in [0.25, 0.3) is 0 Å². The quantitative estimate of drug-likeness (QED) is 0.866. The molecule has 2 rings (SSSR count). The smallest absolute Gasteiger partial charge is 0.337 e. The molecule has 0 bridgehead atoms. The van der Waals surface area contributed by atoms with Crippen LogP contribution in [0.25, 0.3) is 0 Å². The highest BCUT2D eigenvalue weighted by atomic mass is 19.1. The van der Waals surface area contributed by atoms with Crippen molar-refractivity contribution in [1.29, 1.82) is 0 Å². The van der Waals surface area contributed by atoms with Crippen LogP contribution in [0.3, 0.4) is 0 Å². The van der Waals surface area contributed by atoms with Gasteiger partial charge >= 0.3 is 5.97 Å². The van der Waals surface area contributed by atoms with E-state index in [4.69, 9.17) is 0 Å². The maximum Gasteiger partial charge on any atom is 0.337 e. The van der Waals surface area contributed by atoms with Crippen molar-refractivity contribution in [2.24, 2.45) is 0 Å². The summed E-state index contributed by atoms with van der Waals surface area (Å²) in [6, 6.07) is 12.0. The second-order valence-electron chi connectivity index (χ2n) is 4.51. The minimum absolute atomic E-state index is 0.198. The van der Waals surface area contributed by atoms with E-state index in [0.29, 0.717) is 17.7 Å². The molecule has 0 heterocycles. The van der Waals surface area contributed by atoms with Crippen LogP contribution < -0.4 is 5.32 Å². The van der Waals surface area contributed by atoms with E-state index in [1.54, 1.807) is 25.1 Å². The largest absolute Gasteiger partial charge is 0.465 e. The molecule has 0 aliphatic rings. The van der Waals surface area contributed by atoms with Crippen LogP contribution >= 0.6 is 0 Å². The van der Waals surface area contributed by atoms with Crippen LogP contribution in [0, 0.1) is 12.7 Å². The molecule has 0 saturated heterocycles. The van der Waals surface area contributed by atoms with Gasteiger partial charge in [-0.1, -0.05) is 12.1 Å². The third-order valence-corrected chi connectivity index (χ3v) is 3.02. The zero-order chi connectivity index (χ0) is 14.5. The first-order valence-corrected chi connectivity index (χ1v) is 6.27. The van der Waals surface area contributed by atoms with Crippen molar-refractivity contribution < 1.29 is 13.9 Å². The number of benzene rings is 2. The number of esters is 1. The molecule has 4 heteroatoms. The second kappa shape index (κ2) is 6.19. The van der Waals surface area contributed by atoms with Crippen molar-refractivity contribution in [1.82, 2.24) is 0 Å². The van der Waals surface area contributed by atoms with Gasteiger partial charge in [-0.25, -0.2) is 9.18 Å². The molecule has 3 nitrogen and oxygen atoms in total. The lowest BCUT2D eigenvalue weighted by atomic mass is 10.1. The van der Waals surface area contributed by atoms with E-state index >= 15 is 0 Å². The number of halogens is 1. The Morgan fingerprint density at radius 3 is 2.50 bits per heavy atom. The lowest BCUT2D eigenvalue weighted by Crippen LogP contribution is -2.03. The van der Waals surface area contributed by atoms with Crippen LogP contribution in [0.2, 0.25) is 0 Å². The number of hydrogen-bond acceptors (Lipinski definition) is 3. The molecular weight excluding hydrogens is 257 g/mol. The Hall–Kier alpha value is -2.36. The first-order valence-electron chi connectivity index (χ1n) is 6.27. The van der Waals surface area contributed by atoms with Gasteiger partial charge in [0.05, 0.1) is 12.7 Å². The average molecular weight is 273 g/mol. The fourth-order valence-electron chi connectivity index (χ4n) is 1.86. The van der Waals surface area contributed by atoms with Gasteiger partial charge in [-0.3, -0.25) is 0 Å². The fourth-order valence-corrected chi connectivity index (χ4v) is 1.86. The van der Waals surface area contributed by atoms with Gasteiger partial charge in [-0.15, -0.1) is 0 Å². The Labute approximate surface area is 117 Å². The molecule has 0 aliphatic carbocycles. The van der Waals surface area contributed by atoms with Crippen LogP contribution in [-0.2, 0) is 11.3 Å². The fraction of sp³-hybridized carbons (Fsp3) is 0.188. The highest BCUT2D eigenvalue weighted by Gasteiger charge is 2.04. The number of hydrogen-bond donors (Lipinski definition) is 1. The van der Waals surface area contributed by atoms with Crippen LogP contribution in [0.1, 0.15) is 21.5 Å². The molecule has 0 radical (unpaired) electrons. The maximum absolute atomic E-state index is 13.2. The lowest BCUT2D eigenvalue weighted by Gasteiger charge is -2.08. The van der Waals surface area contributed by atoms with E-state index in [0.717, 1.165) is 11.3 Å². The van der Waals surface area contributed by atoms with Crippen LogP contribution in [0.5, 0.6) is 0 Å². The summed E-state index contributed by atoms with van der Waals surface area (Å²) in [5.41, 5.74) is 3.03. The molecule has 2 aromatic carbocycles. The first-order chi connectivity index (χ1) is 9.60. The monoisotopic (exact) mass is 273 g/mol. The molecule has 0 saturated carbocycles. The normalized spacial score (nSPS) is 10.2. The summed E-state index contributed by atoms with van der Waals surface area (Å²) >= 11 is 0. The highest BCUT2D eigenvalue weighted by molar-refractivity contribution is 5.89. The van der Waals surface area contributed by atoms with Crippen LogP contribution in [-0.4, -0.2) is 13.1 Å². The number of anilines is 1. The summed E-state index contributed by atoms with van der Waals surface area (Å²) in [5, 5.41) is 3.22. The Balaban J connectivity index is 2.00. The van der Waals surface area contributed by atoms with Crippen molar-refractivity contribution in [2.45, 2.75) is 13.5 Å². The SMILES string of the molecule is COC(=O)c1ccc(NCc2ccc(F)c(C)c2)cc1. The maximum atomic E-state index is 13.2. The Kier molecular flexibility index (Phi) is 4.35. The molecular formula is C16H16FNO2. The summed E-state index contributed by atoms with van der Waals surface area (Å²) in [6.45, 7) is 2.34. The Bertz CT molecular complexity index is 608. The summed E-state index contributed by atoms with van der Waals surface area (Å²) in [7, 11) is 1.35. The van der Waals surface area contributed by atoms with E-state index < -0.39 is 0 Å². The second-order valence-corrected chi connectivity index (χ2v) is 4.51. The topological polar surface area (TPSA) is 38.3 Å². The van der Waals surface area contributed by atoms with E-state index in [1.807, 2.05) is 18.2 Å². The summed E-state index contributed by atoms with van der Waals surface area (Å²) in [5.74, 6) is -0.554. The molecule has 0 fully saturated rings. The summed E-state index contributed by atoms with van der Waals surface area (Å²) in [4.78, 5) is 11.3. The number of carbonyl (C=O) groups is 1. The van der Waals surface area contributed by atoms with Crippen LogP contribution in [0.4, 0.5) is 10.1 Å². The van der Waals surface area contributed by atoms with E-state index in [2.05, 4.69) is 10.1 Å². The molecule has 0 atom stereocenters. The Morgan fingerprint density at radius 1 is 1.20 bits per heavy atom. The van der Waals surface area contributed by atoms with Crippen molar-refractivity contribution in [3.05, 3.63) is 65.0 Å². The van der Waals surface area contributed by atoms with Crippen molar-refractivity contribution in [3.63, 3.8) is 0 Å². The van der Waals surface area contributed by atoms with E-state index in [1.165, 1.54) is 13.2 Å². The lowest BCUT2D eigenvalue weighted by molar-refractivity contribution is 0.0601. The number of rotatable bonds is 4. The van der Waals surface area contributed by atoms with Gasteiger partial charge in [0.1, 0.15) is 5.82 Å². The third-order valence-electron chi connectivity index (χ3n) is 3.02. The minimum atomic E-state index is -0.356. The number of methoxy groups -OCH3 is 1. The van der Waals surface area contributed by atoms with Crippen LogP contribution in [0.15, 0.2) is 42.5 Å². The molecule has 1 N–H and O–H groups in total. The number of nitrogens with one attached hydrogen (secondary N) is 1. The number of ether oxygens (including phenoxy) is 1. The average Bonchev–Trinajstić information content (AvgIpc) is 2.48. The molecule has 0 aliphatic heterocycles. The van der Waals surface area contributed by atoms with Gasteiger partial charge in [0, 0.05) is 12.2 Å². The standard InChI is InChI=1S/C16H16FNO2/c1-11-9-12(3-8-15(11)17)10-18-14-6-4-13(5-7-14)16(19)20-2/h3-9,18H,10H2,1-2H3. The van der Waals surface area contributed by atoms with Gasteiger partial charge in [-0.2, -0.15) is 0 Å². The number of carbonyl (C=O) groups excluding carboxylic acids is 1. The zero-order valence-corrected chi connectivity index (χ0v) is 11.4. The van der Waals surface area contributed by atoms with Crippen molar-refractivity contribution in [2.75, 3.05) is 12.4 Å². The summed E-state index contributed by atoms with van der Waals surface area (Å²) in [6.07, 6.45) is 0. The minimum Gasteiger partial charge on any atom is -0.465 e. The van der Waals surface area contributed by atoms with Gasteiger partial charge in [0.15, 0.2) is 0 Å². The van der Waals surface area contributed by atoms with Crippen molar-refractivity contribution >= 4 is 11.7 Å². The molecule has 104 valence electrons. The molecule has 20 heavy (non-hydrogen) atoms. The van der Waals surface area contributed by atoms with Gasteiger partial charge in [0.2, 0.25) is 0 Å². The predicted molar refractivity (Wildman–Crippen MR) is 76.2 cm³/mol. The zero-order valence-electron chi connectivity index (χ0n) is 11.4. The molecule has 0 aromatic heterocycles. The highest BCUT2D eigenvalue weighted by Crippen LogP contribution is 2.14. The Morgan fingerprint density at radius 2 is 1.90 bits per heavy atom. The third kappa shape index (κ3) is 3.35. The summed E-state index contributed by atoms with van der Waals surface area (Å²) < 4.78 is 17.8. The predicted octanol–water partition coefficient (Wildman–Crippen LogP) is 3.53. The molecule has 0 unspecified atom stereocenters. The van der Waals surface area contributed by atoms with Crippen molar-refractivity contribution in [3.8, 4) is 0 Å². The molecule has 0 amide bonds. The molecule has 2 aromatic rings. The van der Waals surface area contributed by atoms with Gasteiger partial charge in [-0.05, 0) is 48.4 Å². The first kappa shape index (κ1) is 14.1.